The summed E-state index contributed by atoms with van der Waals surface area (Å²) in [5.41, 5.74) is -0.767. The third-order valence-electron chi connectivity index (χ3n) is 3.57. The van der Waals surface area contributed by atoms with Gasteiger partial charge in [-0.3, -0.25) is 4.79 Å². The fourth-order valence-electron chi connectivity index (χ4n) is 2.28. The number of amides is 1. The molecule has 2 aromatic rings. The molecule has 1 amide bonds. The first kappa shape index (κ1) is 20.0. The number of para-hydroxylation sites is 1. The van der Waals surface area contributed by atoms with Crippen molar-refractivity contribution in [2.45, 2.75) is 12.6 Å². The van der Waals surface area contributed by atoms with Gasteiger partial charge in [0, 0.05) is 12.2 Å². The quantitative estimate of drug-likeness (QED) is 0.719. The van der Waals surface area contributed by atoms with E-state index in [0.29, 0.717) is 11.8 Å². The zero-order chi connectivity index (χ0) is 19.9. The second-order valence-corrected chi connectivity index (χ2v) is 5.44. The van der Waals surface area contributed by atoms with Crippen LogP contribution in [-0.4, -0.2) is 25.0 Å². The van der Waals surface area contributed by atoms with Crippen LogP contribution in [0.4, 0.5) is 18.9 Å². The Morgan fingerprint density at radius 1 is 1.07 bits per heavy atom. The van der Waals surface area contributed by atoms with E-state index in [9.17, 15) is 22.8 Å². The second-order valence-electron chi connectivity index (χ2n) is 5.44. The van der Waals surface area contributed by atoms with E-state index in [1.807, 2.05) is 6.07 Å². The van der Waals surface area contributed by atoms with Crippen molar-refractivity contribution in [2.75, 3.05) is 18.1 Å². The van der Waals surface area contributed by atoms with Crippen molar-refractivity contribution >= 4 is 17.6 Å². The van der Waals surface area contributed by atoms with E-state index in [1.54, 1.807) is 30.3 Å². The van der Waals surface area contributed by atoms with Crippen molar-refractivity contribution in [1.82, 2.24) is 0 Å². The maximum absolute atomic E-state index is 12.7. The first-order valence-corrected chi connectivity index (χ1v) is 7.89. The molecule has 0 atom stereocenters. The molecule has 140 valence electrons. The van der Waals surface area contributed by atoms with Gasteiger partial charge in [0.2, 0.25) is 0 Å². The van der Waals surface area contributed by atoms with Crippen LogP contribution in [0, 0.1) is 11.3 Å². The normalized spacial score (nSPS) is 10.7. The number of nitriles is 1. The standard InChI is InChI=1S/C19H15F3N2O3/c20-19(21,22)15-7-4-6-14(12-15)18(26)27-13-17(25)24(11-5-10-23)16-8-2-1-3-9-16/h1-4,6-9,12H,5,11,13H2. The summed E-state index contributed by atoms with van der Waals surface area (Å²) in [4.78, 5) is 25.6. The molecule has 0 N–H and O–H groups in total. The van der Waals surface area contributed by atoms with Crippen LogP contribution < -0.4 is 4.90 Å². The molecule has 0 spiro atoms. The van der Waals surface area contributed by atoms with E-state index in [1.165, 1.54) is 11.0 Å². The van der Waals surface area contributed by atoms with E-state index >= 15 is 0 Å². The van der Waals surface area contributed by atoms with Gasteiger partial charge in [0.25, 0.3) is 5.91 Å². The molecule has 0 bridgehead atoms. The van der Waals surface area contributed by atoms with Gasteiger partial charge in [-0.1, -0.05) is 24.3 Å². The lowest BCUT2D eigenvalue weighted by Crippen LogP contribution is -2.35. The number of nitrogens with zero attached hydrogens (tertiary/aromatic N) is 2. The molecule has 8 heteroatoms. The summed E-state index contributed by atoms with van der Waals surface area (Å²) in [5.74, 6) is -1.63. The highest BCUT2D eigenvalue weighted by atomic mass is 19.4. The Morgan fingerprint density at radius 3 is 2.41 bits per heavy atom. The molecule has 0 saturated carbocycles. The predicted molar refractivity (Wildman–Crippen MR) is 90.8 cm³/mol. The molecule has 5 nitrogen and oxygen atoms in total. The van der Waals surface area contributed by atoms with Gasteiger partial charge in [-0.2, -0.15) is 18.4 Å². The number of ether oxygens (including phenoxy) is 1. The molecule has 0 aliphatic heterocycles. The van der Waals surface area contributed by atoms with E-state index < -0.39 is 30.2 Å². The minimum Gasteiger partial charge on any atom is -0.452 e. The molecule has 2 rings (SSSR count). The molecular formula is C19H15F3N2O3. The van der Waals surface area contributed by atoms with Gasteiger partial charge in [0.05, 0.1) is 23.6 Å². The molecule has 2 aromatic carbocycles. The van der Waals surface area contributed by atoms with Crippen LogP contribution in [0.25, 0.3) is 0 Å². The molecule has 27 heavy (non-hydrogen) atoms. The molecule has 0 aliphatic rings. The van der Waals surface area contributed by atoms with Gasteiger partial charge in [0.15, 0.2) is 6.61 Å². The summed E-state index contributed by atoms with van der Waals surface area (Å²) in [7, 11) is 0. The van der Waals surface area contributed by atoms with Crippen molar-refractivity contribution in [3.8, 4) is 6.07 Å². The van der Waals surface area contributed by atoms with Crippen LogP contribution >= 0.6 is 0 Å². The minimum atomic E-state index is -4.59. The van der Waals surface area contributed by atoms with E-state index in [2.05, 4.69) is 0 Å². The van der Waals surface area contributed by atoms with Crippen LogP contribution in [0.1, 0.15) is 22.3 Å². The number of anilines is 1. The summed E-state index contributed by atoms with van der Waals surface area (Å²) < 4.78 is 43.0. The summed E-state index contributed by atoms with van der Waals surface area (Å²) in [6.07, 6.45) is -4.52. The minimum absolute atomic E-state index is 0.0716. The maximum atomic E-state index is 12.7. The largest absolute Gasteiger partial charge is 0.452 e. The van der Waals surface area contributed by atoms with Crippen molar-refractivity contribution < 1.29 is 27.5 Å². The summed E-state index contributed by atoms with van der Waals surface area (Å²) in [6, 6.07) is 14.2. The number of rotatable bonds is 6. The highest BCUT2D eigenvalue weighted by molar-refractivity contribution is 5.97. The highest BCUT2D eigenvalue weighted by Gasteiger charge is 2.31. The molecule has 0 radical (unpaired) electrons. The number of carbonyl (C=O) groups excluding carboxylic acids is 2. The Kier molecular flexibility index (Phi) is 6.55. The Labute approximate surface area is 153 Å². The molecule has 0 aromatic heterocycles. The first-order chi connectivity index (χ1) is 12.8. The Balaban J connectivity index is 2.06. The lowest BCUT2D eigenvalue weighted by atomic mass is 10.1. The van der Waals surface area contributed by atoms with E-state index in [-0.39, 0.29) is 18.5 Å². The zero-order valence-corrected chi connectivity index (χ0v) is 14.1. The monoisotopic (exact) mass is 376 g/mol. The Bertz CT molecular complexity index is 845. The van der Waals surface area contributed by atoms with Crippen LogP contribution in [0.2, 0.25) is 0 Å². The van der Waals surface area contributed by atoms with Crippen LogP contribution in [0.5, 0.6) is 0 Å². The zero-order valence-electron chi connectivity index (χ0n) is 14.1. The van der Waals surface area contributed by atoms with Crippen LogP contribution in [0.3, 0.4) is 0 Å². The molecular weight excluding hydrogens is 361 g/mol. The smallest absolute Gasteiger partial charge is 0.416 e. The van der Waals surface area contributed by atoms with Gasteiger partial charge < -0.3 is 9.64 Å². The van der Waals surface area contributed by atoms with Gasteiger partial charge in [-0.05, 0) is 30.3 Å². The van der Waals surface area contributed by atoms with Crippen molar-refractivity contribution in [2.24, 2.45) is 0 Å². The summed E-state index contributed by atoms with van der Waals surface area (Å²) >= 11 is 0. The fraction of sp³-hybridized carbons (Fsp3) is 0.211. The number of carbonyl (C=O) groups is 2. The number of halogens is 3. The van der Waals surface area contributed by atoms with Crippen molar-refractivity contribution in [3.05, 3.63) is 65.7 Å². The predicted octanol–water partition coefficient (Wildman–Crippen LogP) is 3.81. The molecule has 0 unspecified atom stereocenters. The molecule has 0 fully saturated rings. The average Bonchev–Trinajstić information content (AvgIpc) is 2.66. The van der Waals surface area contributed by atoms with Crippen molar-refractivity contribution in [1.29, 1.82) is 5.26 Å². The molecule has 0 heterocycles. The third-order valence-corrected chi connectivity index (χ3v) is 3.57. The van der Waals surface area contributed by atoms with Gasteiger partial charge in [-0.25, -0.2) is 4.79 Å². The number of hydrogen-bond acceptors (Lipinski definition) is 4. The number of benzene rings is 2. The van der Waals surface area contributed by atoms with E-state index in [0.717, 1.165) is 12.1 Å². The van der Waals surface area contributed by atoms with E-state index in [4.69, 9.17) is 10.00 Å². The first-order valence-electron chi connectivity index (χ1n) is 7.89. The fourth-order valence-corrected chi connectivity index (χ4v) is 2.28. The van der Waals surface area contributed by atoms with Crippen LogP contribution in [-0.2, 0) is 15.7 Å². The Hall–Kier alpha value is -3.34. The van der Waals surface area contributed by atoms with Crippen LogP contribution in [0.15, 0.2) is 54.6 Å². The van der Waals surface area contributed by atoms with Gasteiger partial charge in [0.1, 0.15) is 0 Å². The summed E-state index contributed by atoms with van der Waals surface area (Å²) in [6.45, 7) is -0.560. The maximum Gasteiger partial charge on any atom is 0.416 e. The summed E-state index contributed by atoms with van der Waals surface area (Å²) in [5, 5.41) is 8.74. The third kappa shape index (κ3) is 5.57. The second kappa shape index (κ2) is 8.85. The van der Waals surface area contributed by atoms with Gasteiger partial charge in [-0.15, -0.1) is 0 Å². The number of hydrogen-bond donors (Lipinski definition) is 0. The van der Waals surface area contributed by atoms with Crippen molar-refractivity contribution in [3.63, 3.8) is 0 Å². The lowest BCUT2D eigenvalue weighted by molar-refractivity contribution is -0.137. The average molecular weight is 376 g/mol. The highest BCUT2D eigenvalue weighted by Crippen LogP contribution is 2.29. The Morgan fingerprint density at radius 2 is 1.78 bits per heavy atom. The number of esters is 1. The SMILES string of the molecule is N#CCCN(C(=O)COC(=O)c1cccc(C(F)(F)F)c1)c1ccccc1. The molecule has 0 saturated heterocycles. The van der Waals surface area contributed by atoms with Gasteiger partial charge >= 0.3 is 12.1 Å². The lowest BCUT2D eigenvalue weighted by Gasteiger charge is -2.21. The molecule has 0 aliphatic carbocycles. The number of alkyl halides is 3. The topological polar surface area (TPSA) is 70.4 Å².